The summed E-state index contributed by atoms with van der Waals surface area (Å²) >= 11 is 0. The number of rotatable bonds is 5. The Morgan fingerprint density at radius 3 is 2.16 bits per heavy atom. The van der Waals surface area contributed by atoms with E-state index in [1.165, 1.54) is 25.7 Å². The smallest absolute Gasteiger partial charge is 0.328 e. The Hall–Kier alpha value is -2.34. The van der Waals surface area contributed by atoms with E-state index in [-0.39, 0.29) is 0 Å². The highest BCUT2D eigenvalue weighted by atomic mass is 16.4. The van der Waals surface area contributed by atoms with Crippen LogP contribution in [0.1, 0.15) is 37.2 Å². The van der Waals surface area contributed by atoms with Gasteiger partial charge in [-0.15, -0.1) is 0 Å². The first-order valence-corrected chi connectivity index (χ1v) is 8.37. The zero-order valence-corrected chi connectivity index (χ0v) is 14.8. The van der Waals surface area contributed by atoms with Gasteiger partial charge in [0.2, 0.25) is 0 Å². The first-order valence-electron chi connectivity index (χ1n) is 8.37. The molecule has 6 heteroatoms. The van der Waals surface area contributed by atoms with Crippen LogP contribution in [0.15, 0.2) is 36.4 Å². The second-order valence-corrected chi connectivity index (χ2v) is 6.48. The number of benzene rings is 1. The van der Waals surface area contributed by atoms with Gasteiger partial charge >= 0.3 is 11.9 Å². The fourth-order valence-electron chi connectivity index (χ4n) is 3.25. The maximum absolute atomic E-state index is 10.0. The molecule has 0 saturated heterocycles. The van der Waals surface area contributed by atoms with Gasteiger partial charge in [0, 0.05) is 18.7 Å². The van der Waals surface area contributed by atoms with Gasteiger partial charge in [0.1, 0.15) is 5.75 Å². The summed E-state index contributed by atoms with van der Waals surface area (Å²) in [5.74, 6) is -0.817. The first-order chi connectivity index (χ1) is 11.8. The number of hydrogen-bond acceptors (Lipinski definition) is 4. The van der Waals surface area contributed by atoms with Crippen molar-refractivity contribution >= 4 is 11.9 Å². The van der Waals surface area contributed by atoms with E-state index in [4.69, 9.17) is 10.2 Å². The van der Waals surface area contributed by atoms with Crippen LogP contribution >= 0.6 is 0 Å². The Labute approximate surface area is 148 Å². The molecule has 1 aromatic carbocycles. The van der Waals surface area contributed by atoms with Gasteiger partial charge in [0.25, 0.3) is 0 Å². The van der Waals surface area contributed by atoms with Crippen LogP contribution in [0.5, 0.6) is 5.75 Å². The minimum absolute atomic E-state index is 0.475. The predicted molar refractivity (Wildman–Crippen MR) is 95.8 cm³/mol. The maximum atomic E-state index is 10.0. The summed E-state index contributed by atoms with van der Waals surface area (Å²) in [6.07, 6.45) is 6.25. The van der Waals surface area contributed by atoms with Crippen molar-refractivity contribution in [3.05, 3.63) is 42.0 Å². The Bertz CT molecular complexity index is 581. The van der Waals surface area contributed by atoms with Crippen LogP contribution in [0.2, 0.25) is 0 Å². The Balaban J connectivity index is 0.000000333. The lowest BCUT2D eigenvalue weighted by atomic mass is 9.75. The van der Waals surface area contributed by atoms with Crippen LogP contribution < -0.4 is 0 Å². The minimum atomic E-state index is -1.26. The van der Waals surface area contributed by atoms with Gasteiger partial charge in [-0.1, -0.05) is 31.0 Å². The fourth-order valence-corrected chi connectivity index (χ4v) is 3.25. The Morgan fingerprint density at radius 2 is 1.64 bits per heavy atom. The second-order valence-electron chi connectivity index (χ2n) is 6.48. The van der Waals surface area contributed by atoms with E-state index < -0.39 is 11.9 Å². The molecule has 2 rings (SSSR count). The lowest BCUT2D eigenvalue weighted by Gasteiger charge is -2.34. The molecule has 1 aliphatic rings. The van der Waals surface area contributed by atoms with E-state index in [9.17, 15) is 14.7 Å². The molecular weight excluding hydrogens is 322 g/mol. The average Bonchev–Trinajstić information content (AvgIpc) is 2.54. The monoisotopic (exact) mass is 349 g/mol. The number of aliphatic carboxylic acids is 2. The molecule has 6 nitrogen and oxygen atoms in total. The number of aromatic hydroxyl groups is 1. The largest absolute Gasteiger partial charge is 0.508 e. The summed E-state index contributed by atoms with van der Waals surface area (Å²) in [7, 11) is 4.27. The molecule has 2 unspecified atom stereocenters. The molecule has 1 saturated carbocycles. The van der Waals surface area contributed by atoms with Gasteiger partial charge in [-0.05, 0) is 50.4 Å². The standard InChI is InChI=1S/C15H23NO.C4H4O4/c1-16(2)11-12-7-3-4-8-13(12)14-9-5-6-10-15(14)17;5-3(6)1-2-4(7)8/h5-6,9-10,12-13,17H,3-4,7-8,11H2,1-2H3;1-2H,(H,5,6)(H,7,8). The highest BCUT2D eigenvalue weighted by Crippen LogP contribution is 2.41. The number of phenolic OH excluding ortho intramolecular Hbond substituents is 1. The molecule has 2 atom stereocenters. The molecule has 1 aromatic rings. The number of nitrogens with zero attached hydrogens (tertiary/aromatic N) is 1. The van der Waals surface area contributed by atoms with Crippen molar-refractivity contribution in [2.24, 2.45) is 5.92 Å². The highest BCUT2D eigenvalue weighted by Gasteiger charge is 2.28. The lowest BCUT2D eigenvalue weighted by molar-refractivity contribution is -0.134. The first kappa shape index (κ1) is 20.7. The molecule has 0 radical (unpaired) electrons. The molecule has 0 aromatic heterocycles. The molecule has 0 spiro atoms. The van der Waals surface area contributed by atoms with Gasteiger partial charge < -0.3 is 20.2 Å². The van der Waals surface area contributed by atoms with Gasteiger partial charge in [-0.25, -0.2) is 9.59 Å². The molecule has 3 N–H and O–H groups in total. The van der Waals surface area contributed by atoms with Crippen molar-refractivity contribution in [2.45, 2.75) is 31.6 Å². The van der Waals surface area contributed by atoms with E-state index >= 15 is 0 Å². The van der Waals surface area contributed by atoms with E-state index in [1.807, 2.05) is 18.2 Å². The maximum Gasteiger partial charge on any atom is 0.328 e. The molecule has 0 bridgehead atoms. The van der Waals surface area contributed by atoms with E-state index in [0.717, 1.165) is 12.1 Å². The lowest BCUT2D eigenvalue weighted by Crippen LogP contribution is -2.28. The number of carboxylic acids is 2. The molecule has 1 aliphatic carbocycles. The van der Waals surface area contributed by atoms with Crippen LogP contribution in [0.3, 0.4) is 0 Å². The van der Waals surface area contributed by atoms with E-state index in [0.29, 0.717) is 29.7 Å². The van der Waals surface area contributed by atoms with Crippen LogP contribution in [0, 0.1) is 5.92 Å². The summed E-state index contributed by atoms with van der Waals surface area (Å²) in [4.78, 5) is 21.4. The summed E-state index contributed by atoms with van der Waals surface area (Å²) in [5.41, 5.74) is 1.15. The normalized spacial score (nSPS) is 20.1. The van der Waals surface area contributed by atoms with Crippen LogP contribution in [0.25, 0.3) is 0 Å². The highest BCUT2D eigenvalue weighted by molar-refractivity contribution is 5.89. The number of carboxylic acid groups (broad SMARTS) is 2. The van der Waals surface area contributed by atoms with Gasteiger partial charge in [0.15, 0.2) is 0 Å². The summed E-state index contributed by atoms with van der Waals surface area (Å²) < 4.78 is 0. The number of carbonyl (C=O) groups is 2. The quantitative estimate of drug-likeness (QED) is 0.707. The summed E-state index contributed by atoms with van der Waals surface area (Å²) in [6, 6.07) is 7.85. The van der Waals surface area contributed by atoms with E-state index in [1.54, 1.807) is 0 Å². The number of phenols is 1. The predicted octanol–water partition coefficient (Wildman–Crippen LogP) is 2.94. The van der Waals surface area contributed by atoms with Crippen molar-refractivity contribution in [3.8, 4) is 5.75 Å². The zero-order valence-electron chi connectivity index (χ0n) is 14.8. The van der Waals surface area contributed by atoms with Crippen LogP contribution in [-0.4, -0.2) is 52.8 Å². The number of para-hydroxylation sites is 1. The van der Waals surface area contributed by atoms with Crippen molar-refractivity contribution in [3.63, 3.8) is 0 Å². The fraction of sp³-hybridized carbons (Fsp3) is 0.474. The third kappa shape index (κ3) is 7.85. The van der Waals surface area contributed by atoms with Crippen molar-refractivity contribution in [1.82, 2.24) is 4.90 Å². The SMILES string of the molecule is CN(C)CC1CCCCC1c1ccccc1O.O=C(O)C=CC(=O)O. The molecule has 138 valence electrons. The van der Waals surface area contributed by atoms with E-state index in [2.05, 4.69) is 25.1 Å². The molecule has 0 amide bonds. The molecule has 25 heavy (non-hydrogen) atoms. The van der Waals surface area contributed by atoms with Gasteiger partial charge in [0.05, 0.1) is 0 Å². The number of hydrogen-bond donors (Lipinski definition) is 3. The minimum Gasteiger partial charge on any atom is -0.508 e. The molecular formula is C19H27NO5. The Morgan fingerprint density at radius 1 is 1.08 bits per heavy atom. The third-order valence-electron chi connectivity index (χ3n) is 4.21. The van der Waals surface area contributed by atoms with Crippen LogP contribution in [0.4, 0.5) is 0 Å². The van der Waals surface area contributed by atoms with Gasteiger partial charge in [-0.3, -0.25) is 0 Å². The average molecular weight is 349 g/mol. The molecule has 1 fully saturated rings. The van der Waals surface area contributed by atoms with Crippen LogP contribution in [-0.2, 0) is 9.59 Å². The van der Waals surface area contributed by atoms with Crippen molar-refractivity contribution in [1.29, 1.82) is 0 Å². The van der Waals surface area contributed by atoms with Crippen molar-refractivity contribution < 1.29 is 24.9 Å². The topological polar surface area (TPSA) is 98.1 Å². The second kappa shape index (κ2) is 10.5. The zero-order chi connectivity index (χ0) is 18.8. The molecule has 0 heterocycles. The summed E-state index contributed by atoms with van der Waals surface area (Å²) in [5, 5.41) is 25.6. The molecule has 0 aliphatic heterocycles. The van der Waals surface area contributed by atoms with Crippen molar-refractivity contribution in [2.75, 3.05) is 20.6 Å². The summed E-state index contributed by atoms with van der Waals surface area (Å²) in [6.45, 7) is 1.12. The Kier molecular flexibility index (Phi) is 8.70. The van der Waals surface area contributed by atoms with Gasteiger partial charge in [-0.2, -0.15) is 0 Å². The third-order valence-corrected chi connectivity index (χ3v) is 4.21.